The van der Waals surface area contributed by atoms with Crippen LogP contribution in [0, 0.1) is 7.11 Å². The number of thioether (sulfide) groups is 1. The number of nitrogens with one attached hydrogen (secondary N) is 1. The minimum atomic E-state index is -0.411. The summed E-state index contributed by atoms with van der Waals surface area (Å²) >= 11 is 1.15. The first-order valence-corrected chi connectivity index (χ1v) is 3.63. The Bertz CT molecular complexity index is 224. The van der Waals surface area contributed by atoms with Crippen LogP contribution in [0.25, 0.3) is 0 Å². The van der Waals surface area contributed by atoms with Crippen molar-refractivity contribution in [2.75, 3.05) is 5.75 Å². The van der Waals surface area contributed by atoms with Gasteiger partial charge in [0.1, 0.15) is 7.11 Å². The fourth-order valence-electron chi connectivity index (χ4n) is 0.381. The number of nitrogens with zero attached hydrogens (tertiary/aromatic N) is 3. The normalized spacial score (nSPS) is 9.55. The predicted molar refractivity (Wildman–Crippen MR) is 36.4 cm³/mol. The van der Waals surface area contributed by atoms with Gasteiger partial charge < -0.3 is 4.74 Å². The van der Waals surface area contributed by atoms with Crippen molar-refractivity contribution in [2.45, 2.75) is 5.16 Å². The first-order valence-electron chi connectivity index (χ1n) is 2.64. The third kappa shape index (κ3) is 2.54. The molecule has 0 unspecified atom stereocenters. The van der Waals surface area contributed by atoms with E-state index in [9.17, 15) is 4.79 Å². The molecule has 7 heteroatoms. The van der Waals surface area contributed by atoms with Crippen molar-refractivity contribution in [3.8, 4) is 0 Å². The molecule has 0 amide bonds. The molecule has 1 rings (SSSR count). The number of aromatic nitrogens is 4. The molecule has 0 fully saturated rings. The standard InChI is InChI=1S/C4H5N4O2S/c1-10-3(9)2-11-4-5-7-8-6-4/h1-2H2,(H,5,6,7,8). The molecule has 1 aromatic rings. The zero-order valence-corrected chi connectivity index (χ0v) is 6.30. The Labute approximate surface area is 66.7 Å². The largest absolute Gasteiger partial charge is 0.461 e. The number of esters is 1. The Morgan fingerprint density at radius 3 is 3.18 bits per heavy atom. The highest BCUT2D eigenvalue weighted by Crippen LogP contribution is 2.09. The summed E-state index contributed by atoms with van der Waals surface area (Å²) in [5.74, 6) is -0.258. The number of carbonyl (C=O) groups is 1. The van der Waals surface area contributed by atoms with Gasteiger partial charge in [0, 0.05) is 0 Å². The third-order valence-corrected chi connectivity index (χ3v) is 1.64. The van der Waals surface area contributed by atoms with Crippen LogP contribution in [0.4, 0.5) is 0 Å². The second-order valence-corrected chi connectivity index (χ2v) is 2.48. The summed E-state index contributed by atoms with van der Waals surface area (Å²) in [5, 5.41) is 13.1. The monoisotopic (exact) mass is 173 g/mol. The molecule has 6 nitrogen and oxygen atoms in total. The van der Waals surface area contributed by atoms with Crippen molar-refractivity contribution in [2.24, 2.45) is 0 Å². The topological polar surface area (TPSA) is 80.8 Å². The molecule has 0 saturated carbocycles. The number of aromatic amines is 1. The minimum Gasteiger partial charge on any atom is -0.461 e. The summed E-state index contributed by atoms with van der Waals surface area (Å²) < 4.78 is 4.16. The molecule has 0 spiro atoms. The maximum absolute atomic E-state index is 10.5. The zero-order valence-electron chi connectivity index (χ0n) is 5.48. The number of hydrogen-bond acceptors (Lipinski definition) is 6. The number of hydrogen-bond donors (Lipinski definition) is 1. The van der Waals surface area contributed by atoms with Crippen LogP contribution in [0.15, 0.2) is 5.16 Å². The summed E-state index contributed by atoms with van der Waals surface area (Å²) in [6.45, 7) is 0. The van der Waals surface area contributed by atoms with E-state index in [2.05, 4.69) is 32.5 Å². The van der Waals surface area contributed by atoms with Gasteiger partial charge in [-0.15, -0.1) is 5.10 Å². The van der Waals surface area contributed by atoms with E-state index in [1.165, 1.54) is 0 Å². The SMILES string of the molecule is [CH2]OC(=O)CSc1nnn[nH]1. The predicted octanol–water partition coefficient (Wildman–Crippen LogP) is -0.373. The molecule has 0 aliphatic heterocycles. The van der Waals surface area contributed by atoms with E-state index in [1.54, 1.807) is 0 Å². The summed E-state index contributed by atoms with van der Waals surface area (Å²) in [5.41, 5.74) is 0. The van der Waals surface area contributed by atoms with Crippen molar-refractivity contribution in [3.05, 3.63) is 7.11 Å². The summed E-state index contributed by atoms with van der Waals surface area (Å²) in [6, 6.07) is 0. The number of ether oxygens (including phenoxy) is 1. The molecule has 0 aromatic carbocycles. The lowest BCUT2D eigenvalue weighted by atomic mass is 10.8. The lowest BCUT2D eigenvalue weighted by molar-refractivity contribution is -0.135. The second kappa shape index (κ2) is 3.91. The summed E-state index contributed by atoms with van der Waals surface area (Å²) in [7, 11) is 2.96. The number of H-pyrrole nitrogens is 1. The molecule has 0 bridgehead atoms. The first-order chi connectivity index (χ1) is 5.33. The Kier molecular flexibility index (Phi) is 2.84. The highest BCUT2D eigenvalue weighted by Gasteiger charge is 2.03. The lowest BCUT2D eigenvalue weighted by Crippen LogP contribution is -2.01. The lowest BCUT2D eigenvalue weighted by Gasteiger charge is -1.93. The van der Waals surface area contributed by atoms with Gasteiger partial charge in [0.15, 0.2) is 0 Å². The van der Waals surface area contributed by atoms with Gasteiger partial charge in [0.2, 0.25) is 5.16 Å². The second-order valence-electron chi connectivity index (χ2n) is 1.51. The third-order valence-electron chi connectivity index (χ3n) is 0.814. The minimum absolute atomic E-state index is 0.153. The highest BCUT2D eigenvalue weighted by molar-refractivity contribution is 7.99. The Balaban J connectivity index is 2.29. The smallest absolute Gasteiger partial charge is 0.316 e. The first kappa shape index (κ1) is 7.99. The van der Waals surface area contributed by atoms with E-state index in [0.717, 1.165) is 11.8 Å². The molecular weight excluding hydrogens is 168 g/mol. The van der Waals surface area contributed by atoms with Crippen LogP contribution in [0.3, 0.4) is 0 Å². The molecule has 0 saturated heterocycles. The van der Waals surface area contributed by atoms with E-state index in [-0.39, 0.29) is 5.75 Å². The van der Waals surface area contributed by atoms with Gasteiger partial charge >= 0.3 is 5.97 Å². The van der Waals surface area contributed by atoms with Crippen LogP contribution < -0.4 is 0 Å². The van der Waals surface area contributed by atoms with Gasteiger partial charge in [-0.05, 0) is 10.4 Å². The Morgan fingerprint density at radius 1 is 1.82 bits per heavy atom. The van der Waals surface area contributed by atoms with Gasteiger partial charge in [0.25, 0.3) is 0 Å². The molecule has 0 atom stereocenters. The molecule has 0 aliphatic carbocycles. The van der Waals surface area contributed by atoms with Gasteiger partial charge in [-0.1, -0.05) is 11.8 Å². The zero-order chi connectivity index (χ0) is 8.10. The molecule has 1 radical (unpaired) electrons. The van der Waals surface area contributed by atoms with Gasteiger partial charge in [-0.3, -0.25) is 4.79 Å². The Hall–Kier alpha value is -1.11. The highest BCUT2D eigenvalue weighted by atomic mass is 32.2. The van der Waals surface area contributed by atoms with Crippen LogP contribution in [0.2, 0.25) is 0 Å². The average Bonchev–Trinajstić information content (AvgIpc) is 2.52. The summed E-state index contributed by atoms with van der Waals surface area (Å²) in [6.07, 6.45) is 0. The molecule has 59 valence electrons. The molecular formula is C4H5N4O2S. The van der Waals surface area contributed by atoms with Crippen LogP contribution in [0.1, 0.15) is 0 Å². The average molecular weight is 173 g/mol. The van der Waals surface area contributed by atoms with Gasteiger partial charge in [-0.2, -0.15) is 0 Å². The number of tetrazole rings is 1. The van der Waals surface area contributed by atoms with Crippen LogP contribution >= 0.6 is 11.8 Å². The van der Waals surface area contributed by atoms with E-state index in [1.807, 2.05) is 0 Å². The number of rotatable bonds is 3. The number of carbonyl (C=O) groups excluding carboxylic acids is 1. The van der Waals surface area contributed by atoms with Crippen LogP contribution in [-0.2, 0) is 9.53 Å². The fourth-order valence-corrected chi connectivity index (χ4v) is 0.918. The van der Waals surface area contributed by atoms with Crippen molar-refractivity contribution in [1.29, 1.82) is 0 Å². The molecule has 0 aliphatic rings. The van der Waals surface area contributed by atoms with Crippen molar-refractivity contribution in [3.63, 3.8) is 0 Å². The van der Waals surface area contributed by atoms with Crippen molar-refractivity contribution >= 4 is 17.7 Å². The Morgan fingerprint density at radius 2 is 2.64 bits per heavy atom. The van der Waals surface area contributed by atoms with Crippen molar-refractivity contribution < 1.29 is 9.53 Å². The maximum Gasteiger partial charge on any atom is 0.316 e. The van der Waals surface area contributed by atoms with E-state index >= 15 is 0 Å². The quantitative estimate of drug-likeness (QED) is 0.496. The van der Waals surface area contributed by atoms with E-state index in [4.69, 9.17) is 0 Å². The van der Waals surface area contributed by atoms with E-state index in [0.29, 0.717) is 5.16 Å². The van der Waals surface area contributed by atoms with Gasteiger partial charge in [0.05, 0.1) is 5.75 Å². The summed E-state index contributed by atoms with van der Waals surface area (Å²) in [4.78, 5) is 10.5. The fraction of sp³-hybridized carbons (Fsp3) is 0.250. The molecule has 11 heavy (non-hydrogen) atoms. The molecule has 1 heterocycles. The molecule has 1 N–H and O–H groups in total. The van der Waals surface area contributed by atoms with Gasteiger partial charge in [-0.25, -0.2) is 5.10 Å². The maximum atomic E-state index is 10.5. The van der Waals surface area contributed by atoms with Crippen LogP contribution in [0.5, 0.6) is 0 Å². The van der Waals surface area contributed by atoms with E-state index < -0.39 is 5.97 Å². The van der Waals surface area contributed by atoms with Crippen molar-refractivity contribution in [1.82, 2.24) is 20.6 Å². The molecule has 1 aromatic heterocycles. The van der Waals surface area contributed by atoms with Crippen LogP contribution in [-0.4, -0.2) is 32.3 Å².